The number of nitrogens with one attached hydrogen (secondary N) is 1. The Hall–Kier alpha value is -2.25. The SMILES string of the molecule is C=CC(=O)N(CC)CC(=O)NC1CCc2nnnn2C1. The van der Waals surface area contributed by atoms with E-state index in [1.165, 1.54) is 11.0 Å². The van der Waals surface area contributed by atoms with Gasteiger partial charge in [-0.25, -0.2) is 4.68 Å². The zero-order valence-corrected chi connectivity index (χ0v) is 11.4. The van der Waals surface area contributed by atoms with E-state index in [2.05, 4.69) is 27.4 Å². The van der Waals surface area contributed by atoms with E-state index in [9.17, 15) is 9.59 Å². The molecule has 1 aromatic heterocycles. The van der Waals surface area contributed by atoms with Crippen LogP contribution in [-0.4, -0.2) is 56.1 Å². The lowest BCUT2D eigenvalue weighted by Gasteiger charge is -2.25. The molecule has 0 saturated carbocycles. The predicted molar refractivity (Wildman–Crippen MR) is 70.5 cm³/mol. The summed E-state index contributed by atoms with van der Waals surface area (Å²) in [7, 11) is 0. The number of rotatable bonds is 5. The van der Waals surface area contributed by atoms with E-state index in [4.69, 9.17) is 0 Å². The van der Waals surface area contributed by atoms with Gasteiger partial charge in [0.1, 0.15) is 0 Å². The highest BCUT2D eigenvalue weighted by Crippen LogP contribution is 2.10. The van der Waals surface area contributed by atoms with Gasteiger partial charge in [-0.1, -0.05) is 6.58 Å². The van der Waals surface area contributed by atoms with E-state index in [0.29, 0.717) is 13.1 Å². The molecule has 1 aromatic rings. The second kappa shape index (κ2) is 6.27. The van der Waals surface area contributed by atoms with E-state index in [1.54, 1.807) is 4.68 Å². The van der Waals surface area contributed by atoms with Crippen LogP contribution in [0.15, 0.2) is 12.7 Å². The fourth-order valence-electron chi connectivity index (χ4n) is 2.19. The van der Waals surface area contributed by atoms with Crippen LogP contribution in [0.4, 0.5) is 0 Å². The second-order valence-corrected chi connectivity index (χ2v) is 4.64. The van der Waals surface area contributed by atoms with Crippen LogP contribution in [0.5, 0.6) is 0 Å². The average molecular weight is 278 g/mol. The van der Waals surface area contributed by atoms with Gasteiger partial charge in [-0.2, -0.15) is 0 Å². The molecule has 0 radical (unpaired) electrons. The standard InChI is InChI=1S/C12H18N6O2/c1-3-12(20)17(4-2)8-11(19)13-9-5-6-10-14-15-16-18(10)7-9/h3,9H,1,4-8H2,2H3,(H,13,19). The minimum atomic E-state index is -0.242. The summed E-state index contributed by atoms with van der Waals surface area (Å²) in [5.74, 6) is 0.421. The van der Waals surface area contributed by atoms with Gasteiger partial charge >= 0.3 is 0 Å². The summed E-state index contributed by atoms with van der Waals surface area (Å²) in [6.07, 6.45) is 2.75. The molecule has 1 unspecified atom stereocenters. The first kappa shape index (κ1) is 14.2. The molecule has 0 aromatic carbocycles. The van der Waals surface area contributed by atoms with Crippen LogP contribution in [0.1, 0.15) is 19.2 Å². The number of carbonyl (C=O) groups is 2. The summed E-state index contributed by atoms with van der Waals surface area (Å²) in [6, 6.07) is -0.00367. The van der Waals surface area contributed by atoms with Crippen LogP contribution in [0, 0.1) is 0 Å². The van der Waals surface area contributed by atoms with Gasteiger partial charge in [-0.15, -0.1) is 5.10 Å². The summed E-state index contributed by atoms with van der Waals surface area (Å²) in [6.45, 7) is 6.32. The molecule has 8 heteroatoms. The molecule has 1 N–H and O–H groups in total. The Morgan fingerprint density at radius 1 is 1.60 bits per heavy atom. The smallest absolute Gasteiger partial charge is 0.246 e. The van der Waals surface area contributed by atoms with E-state index in [-0.39, 0.29) is 24.4 Å². The van der Waals surface area contributed by atoms with E-state index in [1.807, 2.05) is 6.92 Å². The van der Waals surface area contributed by atoms with Gasteiger partial charge in [0.15, 0.2) is 5.82 Å². The maximum absolute atomic E-state index is 12.0. The minimum absolute atomic E-state index is 0.00367. The van der Waals surface area contributed by atoms with Crippen molar-refractivity contribution in [3.8, 4) is 0 Å². The lowest BCUT2D eigenvalue weighted by molar-refractivity contribution is -0.132. The normalized spacial score (nSPS) is 17.1. The molecule has 0 aliphatic carbocycles. The van der Waals surface area contributed by atoms with Crippen LogP contribution in [-0.2, 0) is 22.6 Å². The van der Waals surface area contributed by atoms with Crippen molar-refractivity contribution < 1.29 is 9.59 Å². The topological polar surface area (TPSA) is 93.0 Å². The molecule has 1 aliphatic rings. The zero-order valence-electron chi connectivity index (χ0n) is 11.4. The van der Waals surface area contributed by atoms with Gasteiger partial charge < -0.3 is 10.2 Å². The van der Waals surface area contributed by atoms with Crippen LogP contribution in [0.25, 0.3) is 0 Å². The molecular weight excluding hydrogens is 260 g/mol. The molecule has 20 heavy (non-hydrogen) atoms. The summed E-state index contributed by atoms with van der Waals surface area (Å²) < 4.78 is 1.70. The Kier molecular flexibility index (Phi) is 4.44. The van der Waals surface area contributed by atoms with Crippen molar-refractivity contribution in [1.82, 2.24) is 30.4 Å². The van der Waals surface area contributed by atoms with Crippen molar-refractivity contribution in [3.05, 3.63) is 18.5 Å². The first-order valence-corrected chi connectivity index (χ1v) is 6.59. The van der Waals surface area contributed by atoms with Crippen LogP contribution >= 0.6 is 0 Å². The number of tetrazole rings is 1. The number of fused-ring (bicyclic) bond motifs is 1. The summed E-state index contributed by atoms with van der Waals surface area (Å²) in [5, 5.41) is 14.3. The zero-order chi connectivity index (χ0) is 14.5. The fourth-order valence-corrected chi connectivity index (χ4v) is 2.19. The third-order valence-corrected chi connectivity index (χ3v) is 3.28. The van der Waals surface area contributed by atoms with Gasteiger partial charge in [0.25, 0.3) is 0 Å². The maximum Gasteiger partial charge on any atom is 0.246 e. The first-order valence-electron chi connectivity index (χ1n) is 6.59. The molecule has 1 aliphatic heterocycles. The highest BCUT2D eigenvalue weighted by molar-refractivity contribution is 5.90. The molecule has 2 amide bonds. The lowest BCUT2D eigenvalue weighted by atomic mass is 10.1. The monoisotopic (exact) mass is 278 g/mol. The molecule has 0 bridgehead atoms. The van der Waals surface area contributed by atoms with Crippen molar-refractivity contribution in [1.29, 1.82) is 0 Å². The van der Waals surface area contributed by atoms with Gasteiger partial charge in [-0.05, 0) is 29.8 Å². The number of aromatic nitrogens is 4. The molecule has 0 fully saturated rings. The van der Waals surface area contributed by atoms with Crippen molar-refractivity contribution >= 4 is 11.8 Å². The molecule has 2 heterocycles. The molecule has 2 rings (SSSR count). The van der Waals surface area contributed by atoms with Crippen molar-refractivity contribution in [2.45, 2.75) is 32.4 Å². The number of hydrogen-bond acceptors (Lipinski definition) is 5. The van der Waals surface area contributed by atoms with Crippen LogP contribution < -0.4 is 5.32 Å². The lowest BCUT2D eigenvalue weighted by Crippen LogP contribution is -2.46. The Labute approximate surface area is 116 Å². The molecule has 8 nitrogen and oxygen atoms in total. The van der Waals surface area contributed by atoms with Crippen molar-refractivity contribution in [2.24, 2.45) is 0 Å². The van der Waals surface area contributed by atoms with E-state index >= 15 is 0 Å². The molecule has 0 saturated heterocycles. The highest BCUT2D eigenvalue weighted by atomic mass is 16.2. The van der Waals surface area contributed by atoms with E-state index < -0.39 is 0 Å². The summed E-state index contributed by atoms with van der Waals surface area (Å²) in [5.41, 5.74) is 0. The first-order chi connectivity index (χ1) is 9.63. The number of aryl methyl sites for hydroxylation is 1. The van der Waals surface area contributed by atoms with Gasteiger partial charge in [0.05, 0.1) is 13.1 Å². The minimum Gasteiger partial charge on any atom is -0.350 e. The van der Waals surface area contributed by atoms with Crippen molar-refractivity contribution in [3.63, 3.8) is 0 Å². The second-order valence-electron chi connectivity index (χ2n) is 4.64. The summed E-state index contributed by atoms with van der Waals surface area (Å²) in [4.78, 5) is 24.9. The molecule has 108 valence electrons. The number of amides is 2. The number of carbonyl (C=O) groups excluding carboxylic acids is 2. The average Bonchev–Trinajstić information content (AvgIpc) is 2.91. The predicted octanol–water partition coefficient (Wildman–Crippen LogP) is -0.861. The van der Waals surface area contributed by atoms with Crippen molar-refractivity contribution in [2.75, 3.05) is 13.1 Å². The Bertz CT molecular complexity index is 512. The molecule has 0 spiro atoms. The third-order valence-electron chi connectivity index (χ3n) is 3.28. The largest absolute Gasteiger partial charge is 0.350 e. The molecular formula is C12H18N6O2. The highest BCUT2D eigenvalue weighted by Gasteiger charge is 2.23. The van der Waals surface area contributed by atoms with E-state index in [0.717, 1.165) is 18.7 Å². The van der Waals surface area contributed by atoms with Gasteiger partial charge in [-0.3, -0.25) is 9.59 Å². The Morgan fingerprint density at radius 3 is 3.10 bits per heavy atom. The Balaban J connectivity index is 1.86. The number of nitrogens with zero attached hydrogens (tertiary/aromatic N) is 5. The summed E-state index contributed by atoms with van der Waals surface area (Å²) >= 11 is 0. The maximum atomic E-state index is 12.0. The van der Waals surface area contributed by atoms with Gasteiger partial charge in [0, 0.05) is 19.0 Å². The van der Waals surface area contributed by atoms with Crippen LogP contribution in [0.2, 0.25) is 0 Å². The third kappa shape index (κ3) is 3.19. The number of hydrogen-bond donors (Lipinski definition) is 1. The Morgan fingerprint density at radius 2 is 2.40 bits per heavy atom. The van der Waals surface area contributed by atoms with Crippen LogP contribution in [0.3, 0.4) is 0 Å². The molecule has 1 atom stereocenters. The quantitative estimate of drug-likeness (QED) is 0.707. The fraction of sp³-hybridized carbons (Fsp3) is 0.583. The van der Waals surface area contributed by atoms with Gasteiger partial charge in [0.2, 0.25) is 11.8 Å². The number of likely N-dealkylation sites (N-methyl/N-ethyl adjacent to an activating group) is 1.